The van der Waals surface area contributed by atoms with E-state index in [1.807, 2.05) is 16.2 Å². The molecule has 4 aliphatic rings. The second-order valence-electron chi connectivity index (χ2n) is 10.5. The van der Waals surface area contributed by atoms with Crippen molar-refractivity contribution in [3.05, 3.63) is 16.3 Å². The highest BCUT2D eigenvalue weighted by molar-refractivity contribution is 7.19. The van der Waals surface area contributed by atoms with Gasteiger partial charge in [-0.3, -0.25) is 4.90 Å². The summed E-state index contributed by atoms with van der Waals surface area (Å²) in [5.74, 6) is 2.02. The van der Waals surface area contributed by atoms with Gasteiger partial charge in [0.1, 0.15) is 16.5 Å². The molecular formula is C26H38N6O2S. The van der Waals surface area contributed by atoms with Crippen molar-refractivity contribution in [1.29, 1.82) is 0 Å². The van der Waals surface area contributed by atoms with E-state index in [0.29, 0.717) is 6.04 Å². The van der Waals surface area contributed by atoms with Crippen LogP contribution in [0.1, 0.15) is 61.2 Å². The minimum atomic E-state index is 0.116. The maximum atomic E-state index is 12.9. The third kappa shape index (κ3) is 5.13. The first kappa shape index (κ1) is 23.4. The molecular weight excluding hydrogens is 460 g/mol. The molecule has 190 valence electrons. The molecule has 2 amide bonds. The van der Waals surface area contributed by atoms with E-state index in [-0.39, 0.29) is 6.03 Å². The number of anilines is 1. The van der Waals surface area contributed by atoms with Gasteiger partial charge in [-0.2, -0.15) is 0 Å². The average molecular weight is 499 g/mol. The third-order valence-electron chi connectivity index (χ3n) is 8.11. The van der Waals surface area contributed by atoms with Gasteiger partial charge in [-0.25, -0.2) is 14.8 Å². The summed E-state index contributed by atoms with van der Waals surface area (Å²) in [5, 5.41) is 4.58. The van der Waals surface area contributed by atoms with Crippen molar-refractivity contribution in [1.82, 2.24) is 25.1 Å². The standard InChI is InChI=1S/C26H38N6O2S/c33-26(27-19-6-2-1-3-7-19)32-12-10-31(11-13-32)24-23-20-8-4-5-9-21(20)35-25(23)29-22(28-24)18-30-14-16-34-17-15-30/h19H,1-18H2,(H,27,33). The number of amides is 2. The number of piperazine rings is 1. The van der Waals surface area contributed by atoms with E-state index in [4.69, 9.17) is 14.7 Å². The highest BCUT2D eigenvalue weighted by Gasteiger charge is 2.29. The first-order valence-corrected chi connectivity index (χ1v) is 14.5. The van der Waals surface area contributed by atoms with Crippen LogP contribution >= 0.6 is 11.3 Å². The Bertz CT molecular complexity index is 1040. The largest absolute Gasteiger partial charge is 0.379 e. The minimum Gasteiger partial charge on any atom is -0.379 e. The summed E-state index contributed by atoms with van der Waals surface area (Å²) in [6.07, 6.45) is 10.9. The monoisotopic (exact) mass is 498 g/mol. The molecule has 2 aliphatic carbocycles. The van der Waals surface area contributed by atoms with Gasteiger partial charge in [-0.15, -0.1) is 11.3 Å². The zero-order valence-electron chi connectivity index (χ0n) is 20.8. The molecule has 2 aromatic rings. The molecule has 0 spiro atoms. The fourth-order valence-electron chi connectivity index (χ4n) is 6.07. The number of nitrogens with zero attached hydrogens (tertiary/aromatic N) is 5. The number of carbonyl (C=O) groups excluding carboxylic acids is 1. The Morgan fingerprint density at radius 3 is 2.51 bits per heavy atom. The topological polar surface area (TPSA) is 73.8 Å². The zero-order chi connectivity index (χ0) is 23.6. The summed E-state index contributed by atoms with van der Waals surface area (Å²) in [7, 11) is 0. The lowest BCUT2D eigenvalue weighted by Crippen LogP contribution is -2.54. The molecule has 2 saturated heterocycles. The number of fused-ring (bicyclic) bond motifs is 3. The summed E-state index contributed by atoms with van der Waals surface area (Å²) >= 11 is 1.88. The van der Waals surface area contributed by atoms with Crippen LogP contribution in [0.15, 0.2) is 0 Å². The zero-order valence-corrected chi connectivity index (χ0v) is 21.6. The van der Waals surface area contributed by atoms with Gasteiger partial charge in [0.25, 0.3) is 0 Å². The molecule has 35 heavy (non-hydrogen) atoms. The Labute approximate surface area is 212 Å². The molecule has 1 saturated carbocycles. The molecule has 0 atom stereocenters. The van der Waals surface area contributed by atoms with Gasteiger partial charge >= 0.3 is 6.03 Å². The van der Waals surface area contributed by atoms with Crippen molar-refractivity contribution in [2.45, 2.75) is 70.4 Å². The number of nitrogens with one attached hydrogen (secondary N) is 1. The van der Waals surface area contributed by atoms with Crippen LogP contribution in [0.4, 0.5) is 10.6 Å². The molecule has 0 radical (unpaired) electrons. The number of carbonyl (C=O) groups is 1. The molecule has 2 aromatic heterocycles. The minimum absolute atomic E-state index is 0.116. The highest BCUT2D eigenvalue weighted by atomic mass is 32.1. The Hall–Kier alpha value is -1.97. The maximum Gasteiger partial charge on any atom is 0.317 e. The molecule has 9 heteroatoms. The van der Waals surface area contributed by atoms with E-state index in [1.54, 1.807) is 0 Å². The Kier molecular flexibility index (Phi) is 7.07. The van der Waals surface area contributed by atoms with Crippen molar-refractivity contribution in [2.75, 3.05) is 57.4 Å². The number of morpholine rings is 1. The summed E-state index contributed by atoms with van der Waals surface area (Å²) in [5.41, 5.74) is 1.49. The predicted molar refractivity (Wildman–Crippen MR) is 139 cm³/mol. The Balaban J connectivity index is 1.21. The van der Waals surface area contributed by atoms with Crippen LogP contribution in [-0.2, 0) is 24.1 Å². The number of hydrogen-bond donors (Lipinski definition) is 1. The fraction of sp³-hybridized carbons (Fsp3) is 0.731. The lowest BCUT2D eigenvalue weighted by molar-refractivity contribution is 0.0331. The van der Waals surface area contributed by atoms with Gasteiger partial charge in [0.15, 0.2) is 0 Å². The quantitative estimate of drug-likeness (QED) is 0.695. The number of thiophene rings is 1. The number of hydrogen-bond acceptors (Lipinski definition) is 7. The van der Waals surface area contributed by atoms with Crippen LogP contribution < -0.4 is 10.2 Å². The smallest absolute Gasteiger partial charge is 0.317 e. The SMILES string of the molecule is O=C(NC1CCCCC1)N1CCN(c2nc(CN3CCOCC3)nc3sc4c(c23)CCCC4)CC1. The molecule has 8 nitrogen and oxygen atoms in total. The van der Waals surface area contributed by atoms with Crippen LogP contribution in [0.25, 0.3) is 10.2 Å². The van der Waals surface area contributed by atoms with Gasteiger partial charge in [-0.1, -0.05) is 19.3 Å². The fourth-order valence-corrected chi connectivity index (χ4v) is 7.35. The van der Waals surface area contributed by atoms with Gasteiger partial charge in [-0.05, 0) is 44.1 Å². The molecule has 4 heterocycles. The number of urea groups is 1. The normalized spacial score (nSPS) is 22.4. The lowest BCUT2D eigenvalue weighted by Gasteiger charge is -2.37. The van der Waals surface area contributed by atoms with E-state index in [0.717, 1.165) is 94.8 Å². The van der Waals surface area contributed by atoms with E-state index >= 15 is 0 Å². The molecule has 0 bridgehead atoms. The maximum absolute atomic E-state index is 12.9. The van der Waals surface area contributed by atoms with E-state index in [9.17, 15) is 4.79 Å². The van der Waals surface area contributed by atoms with Gasteiger partial charge in [0.2, 0.25) is 0 Å². The molecule has 2 aliphatic heterocycles. The van der Waals surface area contributed by atoms with Crippen LogP contribution in [0, 0.1) is 0 Å². The van der Waals surface area contributed by atoms with Crippen molar-refractivity contribution in [3.63, 3.8) is 0 Å². The van der Waals surface area contributed by atoms with E-state index in [2.05, 4.69) is 15.1 Å². The molecule has 3 fully saturated rings. The summed E-state index contributed by atoms with van der Waals surface area (Å²) in [6, 6.07) is 0.473. The van der Waals surface area contributed by atoms with E-state index in [1.165, 1.54) is 54.4 Å². The first-order chi connectivity index (χ1) is 17.2. The lowest BCUT2D eigenvalue weighted by atomic mass is 9.96. The van der Waals surface area contributed by atoms with E-state index < -0.39 is 0 Å². The number of aromatic nitrogens is 2. The molecule has 1 N–H and O–H groups in total. The predicted octanol–water partition coefficient (Wildman–Crippen LogP) is 3.57. The van der Waals surface area contributed by atoms with Crippen molar-refractivity contribution in [3.8, 4) is 0 Å². The van der Waals surface area contributed by atoms with Crippen molar-refractivity contribution in [2.24, 2.45) is 0 Å². The second-order valence-corrected chi connectivity index (χ2v) is 11.6. The van der Waals surface area contributed by atoms with Gasteiger partial charge in [0.05, 0.1) is 25.1 Å². The van der Waals surface area contributed by atoms with Crippen LogP contribution in [-0.4, -0.2) is 84.3 Å². The number of rotatable bonds is 4. The Morgan fingerprint density at radius 1 is 0.943 bits per heavy atom. The molecule has 0 unspecified atom stereocenters. The van der Waals surface area contributed by atoms with Crippen LogP contribution in [0.5, 0.6) is 0 Å². The summed E-state index contributed by atoms with van der Waals surface area (Å²) in [6.45, 7) is 7.36. The van der Waals surface area contributed by atoms with Crippen LogP contribution in [0.2, 0.25) is 0 Å². The Morgan fingerprint density at radius 2 is 1.71 bits per heavy atom. The molecule has 6 rings (SSSR count). The van der Waals surface area contributed by atoms with Gasteiger partial charge in [0, 0.05) is 50.2 Å². The summed E-state index contributed by atoms with van der Waals surface area (Å²) < 4.78 is 5.53. The third-order valence-corrected chi connectivity index (χ3v) is 9.30. The summed E-state index contributed by atoms with van der Waals surface area (Å²) in [4.78, 5) is 32.6. The first-order valence-electron chi connectivity index (χ1n) is 13.7. The number of ether oxygens (including phenoxy) is 1. The number of aryl methyl sites for hydroxylation is 2. The average Bonchev–Trinajstić information content (AvgIpc) is 3.28. The van der Waals surface area contributed by atoms with Crippen LogP contribution in [0.3, 0.4) is 0 Å². The van der Waals surface area contributed by atoms with Crippen molar-refractivity contribution < 1.29 is 9.53 Å². The van der Waals surface area contributed by atoms with Gasteiger partial charge < -0.3 is 19.9 Å². The highest BCUT2D eigenvalue weighted by Crippen LogP contribution is 2.40. The van der Waals surface area contributed by atoms with Crippen molar-refractivity contribution >= 4 is 33.4 Å². The molecule has 0 aromatic carbocycles. The second kappa shape index (κ2) is 10.6.